The monoisotopic (exact) mass is 465 g/mol. The molecule has 0 fully saturated rings. The van der Waals surface area contributed by atoms with Gasteiger partial charge in [-0.05, 0) is 41.8 Å². The number of nitrogens with zero attached hydrogens (tertiary/aromatic N) is 1. The summed E-state index contributed by atoms with van der Waals surface area (Å²) in [6, 6.07) is 8.25. The molecule has 8 nitrogen and oxygen atoms in total. The van der Waals surface area contributed by atoms with Crippen LogP contribution in [0, 0.1) is 10.1 Å². The van der Waals surface area contributed by atoms with Crippen LogP contribution in [0.3, 0.4) is 0 Å². The Bertz CT molecular complexity index is 927. The van der Waals surface area contributed by atoms with Crippen molar-refractivity contribution in [2.24, 2.45) is 0 Å². The van der Waals surface area contributed by atoms with Crippen LogP contribution in [-0.4, -0.2) is 32.2 Å². The van der Waals surface area contributed by atoms with Crippen LogP contribution in [0.15, 0.2) is 41.0 Å². The minimum Gasteiger partial charge on any atom is -0.493 e. The molecule has 0 aliphatic carbocycles. The summed E-state index contributed by atoms with van der Waals surface area (Å²) < 4.78 is 21.9. The third kappa shape index (κ3) is 6.21. The molecule has 0 aliphatic rings. The molecule has 0 radical (unpaired) electrons. The molecule has 0 saturated carbocycles. The average molecular weight is 466 g/mol. The molecule has 29 heavy (non-hydrogen) atoms. The number of rotatable bonds is 9. The van der Waals surface area contributed by atoms with Gasteiger partial charge in [0, 0.05) is 10.5 Å². The first kappa shape index (κ1) is 22.2. The SMILES string of the molecule is COc1cc(Br)c(CCC(=O)Oc2ccc(/C=C/[N+](=O)[O-])cc2OC)cc1OC. The fourth-order valence-corrected chi connectivity index (χ4v) is 3.04. The fraction of sp³-hybridized carbons (Fsp3) is 0.250. The van der Waals surface area contributed by atoms with Crippen molar-refractivity contribution < 1.29 is 28.7 Å². The van der Waals surface area contributed by atoms with E-state index in [0.29, 0.717) is 29.2 Å². The summed E-state index contributed by atoms with van der Waals surface area (Å²) in [4.78, 5) is 22.2. The summed E-state index contributed by atoms with van der Waals surface area (Å²) in [6.45, 7) is 0. The predicted octanol–water partition coefficient (Wildman–Crippen LogP) is 4.26. The lowest BCUT2D eigenvalue weighted by molar-refractivity contribution is -0.400. The third-order valence-electron chi connectivity index (χ3n) is 3.95. The van der Waals surface area contributed by atoms with E-state index in [9.17, 15) is 14.9 Å². The van der Waals surface area contributed by atoms with E-state index in [4.69, 9.17) is 18.9 Å². The van der Waals surface area contributed by atoms with Crippen LogP contribution in [0.25, 0.3) is 6.08 Å². The second kappa shape index (κ2) is 10.5. The number of hydrogen-bond donors (Lipinski definition) is 0. The molecule has 9 heteroatoms. The average Bonchev–Trinajstić information content (AvgIpc) is 2.71. The van der Waals surface area contributed by atoms with E-state index < -0.39 is 10.9 Å². The number of ether oxygens (including phenoxy) is 4. The van der Waals surface area contributed by atoms with Gasteiger partial charge in [-0.3, -0.25) is 14.9 Å². The molecule has 0 N–H and O–H groups in total. The lowest BCUT2D eigenvalue weighted by atomic mass is 10.1. The van der Waals surface area contributed by atoms with Gasteiger partial charge in [-0.1, -0.05) is 22.0 Å². The standard InChI is InChI=1S/C20H20BrNO7/c1-26-17-10-13(8-9-22(24)25)4-6-16(17)29-20(23)7-5-14-11-18(27-2)19(28-3)12-15(14)21/h4,6,8-12H,5,7H2,1-3H3/b9-8+. The summed E-state index contributed by atoms with van der Waals surface area (Å²) in [5.74, 6) is 1.25. The van der Waals surface area contributed by atoms with Crippen molar-refractivity contribution in [3.05, 3.63) is 62.2 Å². The van der Waals surface area contributed by atoms with Crippen LogP contribution in [0.1, 0.15) is 17.5 Å². The number of methoxy groups -OCH3 is 3. The molecule has 0 heterocycles. The number of hydrogen-bond acceptors (Lipinski definition) is 7. The van der Waals surface area contributed by atoms with E-state index in [-0.39, 0.29) is 12.2 Å². The van der Waals surface area contributed by atoms with Crippen LogP contribution < -0.4 is 18.9 Å². The van der Waals surface area contributed by atoms with Gasteiger partial charge in [0.15, 0.2) is 23.0 Å². The van der Waals surface area contributed by atoms with E-state index >= 15 is 0 Å². The molecule has 2 aromatic rings. The van der Waals surface area contributed by atoms with Crippen molar-refractivity contribution in [3.8, 4) is 23.0 Å². The van der Waals surface area contributed by atoms with Crippen LogP contribution >= 0.6 is 15.9 Å². The Labute approximate surface area is 176 Å². The zero-order chi connectivity index (χ0) is 21.4. The number of carbonyl (C=O) groups is 1. The molecule has 0 saturated heterocycles. The molecule has 0 bridgehead atoms. The van der Waals surface area contributed by atoms with Crippen LogP contribution in [0.2, 0.25) is 0 Å². The Morgan fingerprint density at radius 3 is 2.28 bits per heavy atom. The molecule has 2 aromatic carbocycles. The van der Waals surface area contributed by atoms with E-state index in [2.05, 4.69) is 15.9 Å². The van der Waals surface area contributed by atoms with Gasteiger partial charge in [-0.25, -0.2) is 0 Å². The zero-order valence-corrected chi connectivity index (χ0v) is 17.7. The summed E-state index contributed by atoms with van der Waals surface area (Å²) in [7, 11) is 4.52. The normalized spacial score (nSPS) is 10.6. The van der Waals surface area contributed by atoms with Crippen LogP contribution in [0.4, 0.5) is 0 Å². The number of esters is 1. The number of aryl methyl sites for hydroxylation is 1. The molecule has 0 unspecified atom stereocenters. The van der Waals surface area contributed by atoms with Gasteiger partial charge in [0.25, 0.3) is 0 Å². The van der Waals surface area contributed by atoms with Crippen molar-refractivity contribution in [2.45, 2.75) is 12.8 Å². The topological polar surface area (TPSA) is 97.1 Å². The largest absolute Gasteiger partial charge is 0.493 e. The number of nitro groups is 1. The van der Waals surface area contributed by atoms with E-state index in [0.717, 1.165) is 16.2 Å². The van der Waals surface area contributed by atoms with E-state index in [1.54, 1.807) is 38.5 Å². The minimum absolute atomic E-state index is 0.125. The van der Waals surface area contributed by atoms with Crippen molar-refractivity contribution in [1.82, 2.24) is 0 Å². The zero-order valence-electron chi connectivity index (χ0n) is 16.1. The maximum absolute atomic E-state index is 12.3. The molecule has 2 rings (SSSR count). The van der Waals surface area contributed by atoms with Crippen LogP contribution in [-0.2, 0) is 11.2 Å². The summed E-state index contributed by atoms with van der Waals surface area (Å²) in [5, 5.41) is 10.4. The smallest absolute Gasteiger partial charge is 0.311 e. The number of carbonyl (C=O) groups excluding carboxylic acids is 1. The molecular weight excluding hydrogens is 446 g/mol. The van der Waals surface area contributed by atoms with Crippen molar-refractivity contribution in [1.29, 1.82) is 0 Å². The van der Waals surface area contributed by atoms with Gasteiger partial charge < -0.3 is 18.9 Å². The Hall–Kier alpha value is -3.07. The van der Waals surface area contributed by atoms with Crippen molar-refractivity contribution in [2.75, 3.05) is 21.3 Å². The Balaban J connectivity index is 2.07. The summed E-state index contributed by atoms with van der Waals surface area (Å²) in [6.07, 6.45) is 2.69. The van der Waals surface area contributed by atoms with Crippen molar-refractivity contribution >= 4 is 28.0 Å². The highest BCUT2D eigenvalue weighted by molar-refractivity contribution is 9.10. The fourth-order valence-electron chi connectivity index (χ4n) is 2.52. The first-order chi connectivity index (χ1) is 13.9. The van der Waals surface area contributed by atoms with Gasteiger partial charge in [-0.2, -0.15) is 0 Å². The third-order valence-corrected chi connectivity index (χ3v) is 4.69. The summed E-state index contributed by atoms with van der Waals surface area (Å²) >= 11 is 3.46. The first-order valence-electron chi connectivity index (χ1n) is 8.48. The Morgan fingerprint density at radius 2 is 1.66 bits per heavy atom. The molecular formula is C20H20BrNO7. The highest BCUT2D eigenvalue weighted by Crippen LogP contribution is 2.34. The lowest BCUT2D eigenvalue weighted by Gasteiger charge is -2.12. The molecule has 0 spiro atoms. The van der Waals surface area contributed by atoms with Crippen molar-refractivity contribution in [3.63, 3.8) is 0 Å². The maximum atomic E-state index is 12.3. The lowest BCUT2D eigenvalue weighted by Crippen LogP contribution is -2.10. The van der Waals surface area contributed by atoms with E-state index in [1.807, 2.05) is 0 Å². The van der Waals surface area contributed by atoms with Gasteiger partial charge in [-0.15, -0.1) is 0 Å². The first-order valence-corrected chi connectivity index (χ1v) is 9.28. The second-order valence-electron chi connectivity index (χ2n) is 5.78. The van der Waals surface area contributed by atoms with Gasteiger partial charge in [0.05, 0.1) is 32.7 Å². The Kier molecular flexibility index (Phi) is 8.02. The van der Waals surface area contributed by atoms with E-state index in [1.165, 1.54) is 19.3 Å². The van der Waals surface area contributed by atoms with Gasteiger partial charge >= 0.3 is 5.97 Å². The molecule has 154 valence electrons. The Morgan fingerprint density at radius 1 is 1.03 bits per heavy atom. The molecule has 0 atom stereocenters. The van der Waals surface area contributed by atoms with Gasteiger partial charge in [0.2, 0.25) is 6.20 Å². The van der Waals surface area contributed by atoms with Gasteiger partial charge in [0.1, 0.15) is 0 Å². The second-order valence-corrected chi connectivity index (χ2v) is 6.64. The minimum atomic E-state index is -0.563. The number of benzene rings is 2. The predicted molar refractivity (Wildman–Crippen MR) is 110 cm³/mol. The van der Waals surface area contributed by atoms with Crippen LogP contribution in [0.5, 0.6) is 23.0 Å². The number of halogens is 1. The maximum Gasteiger partial charge on any atom is 0.311 e. The highest BCUT2D eigenvalue weighted by Gasteiger charge is 2.14. The quantitative estimate of drug-likeness (QED) is 0.236. The molecule has 0 aliphatic heterocycles. The molecule has 0 aromatic heterocycles. The molecule has 0 amide bonds. The summed E-state index contributed by atoms with van der Waals surface area (Å²) in [5.41, 5.74) is 1.42. The highest BCUT2D eigenvalue weighted by atomic mass is 79.9.